The van der Waals surface area contributed by atoms with Crippen molar-refractivity contribution >= 4 is 46.3 Å². The summed E-state index contributed by atoms with van der Waals surface area (Å²) in [5.74, 6) is -1.99. The molecule has 0 aliphatic carbocycles. The molecule has 162 valence electrons. The summed E-state index contributed by atoms with van der Waals surface area (Å²) in [7, 11) is 0. The van der Waals surface area contributed by atoms with E-state index in [0.29, 0.717) is 26.9 Å². The van der Waals surface area contributed by atoms with E-state index >= 15 is 0 Å². The number of phenols is 1. The molecule has 0 spiro atoms. The van der Waals surface area contributed by atoms with Gasteiger partial charge in [0, 0.05) is 21.3 Å². The molecule has 0 radical (unpaired) electrons. The van der Waals surface area contributed by atoms with Gasteiger partial charge in [0.1, 0.15) is 11.5 Å². The number of amides is 1. The first-order chi connectivity index (χ1) is 15.2. The van der Waals surface area contributed by atoms with Crippen molar-refractivity contribution in [2.45, 2.75) is 19.9 Å². The Hall–Kier alpha value is -3.28. The second-order valence-corrected chi connectivity index (χ2v) is 8.58. The molecule has 0 saturated carbocycles. The Morgan fingerprint density at radius 2 is 1.62 bits per heavy atom. The zero-order valence-electron chi connectivity index (χ0n) is 17.3. The van der Waals surface area contributed by atoms with E-state index < -0.39 is 17.7 Å². The van der Waals surface area contributed by atoms with Crippen LogP contribution in [0, 0.1) is 13.8 Å². The number of rotatable bonds is 3. The maximum absolute atomic E-state index is 13.2. The number of aromatic hydroxyl groups is 1. The third kappa shape index (κ3) is 3.85. The number of aliphatic hydroxyl groups is 1. The minimum Gasteiger partial charge on any atom is -0.508 e. The Kier molecular flexibility index (Phi) is 5.71. The van der Waals surface area contributed by atoms with Crippen LogP contribution in [0.3, 0.4) is 0 Å². The number of phenolic OH excluding ortho intramolecular Hbond substituents is 1. The van der Waals surface area contributed by atoms with E-state index in [9.17, 15) is 19.8 Å². The molecule has 0 aromatic heterocycles. The fourth-order valence-electron chi connectivity index (χ4n) is 3.92. The van der Waals surface area contributed by atoms with Crippen molar-refractivity contribution < 1.29 is 19.8 Å². The monoisotopic (exact) mass is 467 g/mol. The molecule has 32 heavy (non-hydrogen) atoms. The second kappa shape index (κ2) is 8.34. The smallest absolute Gasteiger partial charge is 0.300 e. The standard InChI is InChI=1S/C25H19Cl2NO4/c1-13-6-7-14(2)20(8-13)23(30)21-22(15-4-3-5-19(29)9-15)28(25(32)24(21)31)18-11-16(26)10-17(27)12-18/h3-12,22,29-30H,1-2H3/b23-21+. The van der Waals surface area contributed by atoms with Crippen LogP contribution in [0.4, 0.5) is 5.69 Å². The van der Waals surface area contributed by atoms with Crippen LogP contribution in [-0.2, 0) is 9.59 Å². The van der Waals surface area contributed by atoms with Crippen molar-refractivity contribution in [2.75, 3.05) is 4.90 Å². The molecule has 1 amide bonds. The van der Waals surface area contributed by atoms with Gasteiger partial charge in [0.2, 0.25) is 0 Å². The number of halogens is 2. The van der Waals surface area contributed by atoms with Crippen molar-refractivity contribution in [3.8, 4) is 5.75 Å². The predicted molar refractivity (Wildman–Crippen MR) is 125 cm³/mol. The molecule has 1 aliphatic heterocycles. The minimum absolute atomic E-state index is 0.0380. The van der Waals surface area contributed by atoms with Crippen molar-refractivity contribution in [1.29, 1.82) is 0 Å². The highest BCUT2D eigenvalue weighted by molar-refractivity contribution is 6.52. The van der Waals surface area contributed by atoms with Crippen molar-refractivity contribution in [3.63, 3.8) is 0 Å². The molecule has 3 aromatic rings. The van der Waals surface area contributed by atoms with E-state index in [2.05, 4.69) is 0 Å². The zero-order valence-corrected chi connectivity index (χ0v) is 18.8. The lowest BCUT2D eigenvalue weighted by Crippen LogP contribution is -2.29. The molecule has 0 bridgehead atoms. The van der Waals surface area contributed by atoms with E-state index in [4.69, 9.17) is 23.2 Å². The number of aliphatic hydroxyl groups excluding tert-OH is 1. The molecule has 1 unspecified atom stereocenters. The molecular formula is C25H19Cl2NO4. The molecule has 7 heteroatoms. The molecular weight excluding hydrogens is 449 g/mol. The molecule has 4 rings (SSSR count). The highest BCUT2D eigenvalue weighted by atomic mass is 35.5. The Labute approximate surface area is 195 Å². The number of carbonyl (C=O) groups is 2. The predicted octanol–water partition coefficient (Wildman–Crippen LogP) is 5.94. The van der Waals surface area contributed by atoms with Crippen LogP contribution in [0.2, 0.25) is 10.0 Å². The van der Waals surface area contributed by atoms with Crippen LogP contribution >= 0.6 is 23.2 Å². The maximum atomic E-state index is 13.2. The van der Waals surface area contributed by atoms with Crippen molar-refractivity contribution in [3.05, 3.63) is 98.5 Å². The molecule has 1 saturated heterocycles. The van der Waals surface area contributed by atoms with E-state index in [0.717, 1.165) is 11.1 Å². The average Bonchev–Trinajstić information content (AvgIpc) is 2.99. The lowest BCUT2D eigenvalue weighted by Gasteiger charge is -2.26. The van der Waals surface area contributed by atoms with Gasteiger partial charge in [0.25, 0.3) is 11.7 Å². The topological polar surface area (TPSA) is 77.8 Å². The molecule has 3 aromatic carbocycles. The van der Waals surface area contributed by atoms with Crippen molar-refractivity contribution in [1.82, 2.24) is 0 Å². The van der Waals surface area contributed by atoms with Crippen LogP contribution in [-0.4, -0.2) is 21.9 Å². The number of ketones is 1. The molecule has 1 atom stereocenters. The molecule has 1 fully saturated rings. The molecule has 1 aliphatic rings. The summed E-state index contributed by atoms with van der Waals surface area (Å²) in [4.78, 5) is 27.6. The van der Waals surface area contributed by atoms with Gasteiger partial charge in [-0.2, -0.15) is 0 Å². The summed E-state index contributed by atoms with van der Waals surface area (Å²) >= 11 is 12.3. The van der Waals surface area contributed by atoms with E-state index in [-0.39, 0.29) is 17.1 Å². The Morgan fingerprint density at radius 1 is 0.938 bits per heavy atom. The van der Waals surface area contributed by atoms with Gasteiger partial charge in [-0.3, -0.25) is 14.5 Å². The highest BCUT2D eigenvalue weighted by Gasteiger charge is 2.47. The van der Waals surface area contributed by atoms with Crippen LogP contribution in [0.15, 0.2) is 66.2 Å². The number of anilines is 1. The van der Waals surface area contributed by atoms with Gasteiger partial charge >= 0.3 is 0 Å². The summed E-state index contributed by atoms with van der Waals surface area (Å²) < 4.78 is 0. The van der Waals surface area contributed by atoms with Crippen LogP contribution in [0.25, 0.3) is 5.76 Å². The molecule has 1 heterocycles. The summed E-state index contributed by atoms with van der Waals surface area (Å²) in [5, 5.41) is 21.9. The third-order valence-corrected chi connectivity index (χ3v) is 5.84. The van der Waals surface area contributed by atoms with Gasteiger partial charge in [-0.1, -0.05) is 53.0 Å². The zero-order chi connectivity index (χ0) is 23.2. The van der Waals surface area contributed by atoms with Gasteiger partial charge in [0.05, 0.1) is 11.6 Å². The second-order valence-electron chi connectivity index (χ2n) is 7.71. The van der Waals surface area contributed by atoms with Gasteiger partial charge in [-0.05, 0) is 61.4 Å². The summed E-state index contributed by atoms with van der Waals surface area (Å²) in [6.45, 7) is 3.68. The normalized spacial score (nSPS) is 17.8. The summed E-state index contributed by atoms with van der Waals surface area (Å²) in [5.41, 5.74) is 2.77. The first kappa shape index (κ1) is 21.9. The summed E-state index contributed by atoms with van der Waals surface area (Å²) in [6, 6.07) is 15.3. The van der Waals surface area contributed by atoms with Crippen LogP contribution < -0.4 is 4.90 Å². The highest BCUT2D eigenvalue weighted by Crippen LogP contribution is 2.44. The third-order valence-electron chi connectivity index (χ3n) is 5.40. The SMILES string of the molecule is Cc1ccc(C)c(/C(O)=C2\C(=O)C(=O)N(c3cc(Cl)cc(Cl)c3)C2c2cccc(O)c2)c1. The summed E-state index contributed by atoms with van der Waals surface area (Å²) in [6.07, 6.45) is 0. The van der Waals surface area contributed by atoms with E-state index in [1.807, 2.05) is 26.0 Å². The number of hydrogen-bond donors (Lipinski definition) is 2. The Morgan fingerprint density at radius 3 is 2.28 bits per heavy atom. The average molecular weight is 468 g/mol. The fourth-order valence-corrected chi connectivity index (χ4v) is 4.44. The Bertz CT molecular complexity index is 1280. The van der Waals surface area contributed by atoms with Gasteiger partial charge in [-0.25, -0.2) is 0 Å². The number of carbonyl (C=O) groups excluding carboxylic acids is 2. The number of benzene rings is 3. The lowest BCUT2D eigenvalue weighted by atomic mass is 9.93. The fraction of sp³-hybridized carbons (Fsp3) is 0.120. The lowest BCUT2D eigenvalue weighted by molar-refractivity contribution is -0.132. The Balaban J connectivity index is 2.01. The quantitative estimate of drug-likeness (QED) is 0.283. The minimum atomic E-state index is -0.989. The number of nitrogens with zero attached hydrogens (tertiary/aromatic N) is 1. The number of hydrogen-bond acceptors (Lipinski definition) is 4. The van der Waals surface area contributed by atoms with E-state index in [1.54, 1.807) is 18.2 Å². The van der Waals surface area contributed by atoms with Crippen molar-refractivity contribution in [2.24, 2.45) is 0 Å². The first-order valence-corrected chi connectivity index (χ1v) is 10.6. The maximum Gasteiger partial charge on any atom is 0.300 e. The molecule has 2 N–H and O–H groups in total. The number of Topliss-reactive ketones (excluding diaryl/α,β-unsaturated/α-hetero) is 1. The van der Waals surface area contributed by atoms with Crippen LogP contribution in [0.1, 0.15) is 28.3 Å². The largest absolute Gasteiger partial charge is 0.508 e. The number of aryl methyl sites for hydroxylation is 2. The van der Waals surface area contributed by atoms with Gasteiger partial charge < -0.3 is 10.2 Å². The van der Waals surface area contributed by atoms with Gasteiger partial charge in [-0.15, -0.1) is 0 Å². The van der Waals surface area contributed by atoms with Gasteiger partial charge in [0.15, 0.2) is 0 Å². The molecule has 5 nitrogen and oxygen atoms in total. The first-order valence-electron chi connectivity index (χ1n) is 9.81. The van der Waals surface area contributed by atoms with E-state index in [1.165, 1.54) is 35.2 Å². The van der Waals surface area contributed by atoms with Crippen LogP contribution in [0.5, 0.6) is 5.75 Å².